The van der Waals surface area contributed by atoms with E-state index in [4.69, 9.17) is 15.9 Å². The molecule has 0 aliphatic heterocycles. The van der Waals surface area contributed by atoms with Crippen LogP contribution in [-0.4, -0.2) is 50.7 Å². The van der Waals surface area contributed by atoms with Gasteiger partial charge in [-0.1, -0.05) is 83.3 Å². The molecule has 0 saturated carbocycles. The van der Waals surface area contributed by atoms with E-state index in [9.17, 15) is 15.0 Å². The molecule has 0 aromatic carbocycles. The molecule has 0 spiro atoms. The van der Waals surface area contributed by atoms with Crippen LogP contribution in [0.1, 0.15) is 90.4 Å². The highest BCUT2D eigenvalue weighted by atomic mass is 16.4. The second-order valence-corrected chi connectivity index (χ2v) is 7.55. The van der Waals surface area contributed by atoms with Crippen LogP contribution >= 0.6 is 0 Å². The van der Waals surface area contributed by atoms with Gasteiger partial charge in [0.2, 0.25) is 0 Å². The molecule has 0 amide bonds. The summed E-state index contributed by atoms with van der Waals surface area (Å²) < 4.78 is 0. The van der Waals surface area contributed by atoms with Crippen LogP contribution in [-0.2, 0) is 4.79 Å². The summed E-state index contributed by atoms with van der Waals surface area (Å²) in [4.78, 5) is 11.0. The molecule has 0 radical (unpaired) electrons. The molecule has 0 bridgehead atoms. The minimum absolute atomic E-state index is 0.103. The summed E-state index contributed by atoms with van der Waals surface area (Å²) in [6.07, 6.45) is 15.8. The molecule has 0 heterocycles. The van der Waals surface area contributed by atoms with Gasteiger partial charge in [-0.05, 0) is 19.3 Å². The average Bonchev–Trinajstić information content (AvgIpc) is 2.66. The lowest BCUT2D eigenvalue weighted by Gasteiger charge is -2.30. The Morgan fingerprint density at radius 1 is 0.926 bits per heavy atom. The van der Waals surface area contributed by atoms with Crippen LogP contribution in [0.2, 0.25) is 0 Å². The molecule has 160 valence electrons. The Hall–Kier alpha value is -0.950. The largest absolute Gasteiger partial charge is 0.480 e. The molecule has 27 heavy (non-hydrogen) atoms. The average molecular weight is 388 g/mol. The number of carboxylic acids is 1. The molecule has 6 heteroatoms. The highest BCUT2D eigenvalue weighted by molar-refractivity contribution is 5.79. The van der Waals surface area contributed by atoms with E-state index in [1.54, 1.807) is 6.08 Å². The van der Waals surface area contributed by atoms with Crippen molar-refractivity contribution in [2.24, 2.45) is 5.73 Å². The lowest BCUT2D eigenvalue weighted by atomic mass is 9.89. The van der Waals surface area contributed by atoms with Gasteiger partial charge in [0, 0.05) is 0 Å². The van der Waals surface area contributed by atoms with Crippen LogP contribution in [0.15, 0.2) is 12.2 Å². The number of hydrogen-bond acceptors (Lipinski definition) is 5. The van der Waals surface area contributed by atoms with Crippen LogP contribution in [0.25, 0.3) is 0 Å². The number of rotatable bonds is 18. The van der Waals surface area contributed by atoms with Gasteiger partial charge in [0.25, 0.3) is 0 Å². The number of nitrogens with two attached hydrogens (primary N) is 1. The first-order valence-electron chi connectivity index (χ1n) is 10.5. The molecule has 0 aliphatic rings. The zero-order chi connectivity index (χ0) is 20.5. The van der Waals surface area contributed by atoms with Gasteiger partial charge in [-0.15, -0.1) is 0 Å². The van der Waals surface area contributed by atoms with Crippen molar-refractivity contribution < 1.29 is 25.2 Å². The molecule has 0 saturated heterocycles. The SMILES string of the molecule is CCCCCCCCCCCCC/C=C/CC(O)C(O)C(N)(CO)C(=O)O. The highest BCUT2D eigenvalue weighted by Gasteiger charge is 2.44. The number of carboxylic acid groups (broad SMARTS) is 1. The molecule has 0 rings (SSSR count). The standard InChI is InChI=1S/C21H41NO5/c1-2-3-4-5-6-7-8-9-10-11-12-13-14-15-16-18(24)19(25)21(22,17-23)20(26)27/h14-15,18-19,23-25H,2-13,16-17,22H2,1H3,(H,26,27)/b15-14+. The normalized spacial score (nSPS) is 16.3. The number of hydrogen-bond donors (Lipinski definition) is 5. The van der Waals surface area contributed by atoms with E-state index < -0.39 is 30.3 Å². The Bertz CT molecular complexity index is 402. The Morgan fingerprint density at radius 3 is 1.85 bits per heavy atom. The lowest BCUT2D eigenvalue weighted by Crippen LogP contribution is -2.63. The van der Waals surface area contributed by atoms with Crippen LogP contribution in [0.4, 0.5) is 0 Å². The summed E-state index contributed by atoms with van der Waals surface area (Å²) >= 11 is 0. The zero-order valence-electron chi connectivity index (χ0n) is 17.0. The molecule has 0 aromatic heterocycles. The molecule has 3 atom stereocenters. The van der Waals surface area contributed by atoms with Gasteiger partial charge in [0.05, 0.1) is 12.7 Å². The van der Waals surface area contributed by atoms with E-state index >= 15 is 0 Å². The summed E-state index contributed by atoms with van der Waals surface area (Å²) in [5, 5.41) is 37.8. The van der Waals surface area contributed by atoms with Gasteiger partial charge >= 0.3 is 5.97 Å². The van der Waals surface area contributed by atoms with Crippen molar-refractivity contribution >= 4 is 5.97 Å². The van der Waals surface area contributed by atoms with Crippen molar-refractivity contribution in [1.29, 1.82) is 0 Å². The molecular formula is C21H41NO5. The fourth-order valence-electron chi connectivity index (χ4n) is 3.04. The minimum Gasteiger partial charge on any atom is -0.480 e. The van der Waals surface area contributed by atoms with E-state index in [0.29, 0.717) is 0 Å². The maximum atomic E-state index is 11.0. The van der Waals surface area contributed by atoms with Gasteiger partial charge in [-0.2, -0.15) is 0 Å². The van der Waals surface area contributed by atoms with Crippen molar-refractivity contribution in [3.63, 3.8) is 0 Å². The van der Waals surface area contributed by atoms with E-state index in [0.717, 1.165) is 12.8 Å². The molecule has 0 fully saturated rings. The summed E-state index contributed by atoms with van der Waals surface area (Å²) in [5.74, 6) is -1.54. The molecule has 0 aromatic rings. The van der Waals surface area contributed by atoms with Crippen molar-refractivity contribution in [3.05, 3.63) is 12.2 Å². The predicted molar refractivity (Wildman–Crippen MR) is 108 cm³/mol. The third kappa shape index (κ3) is 11.5. The van der Waals surface area contributed by atoms with E-state index in [2.05, 4.69) is 6.92 Å². The number of carbonyl (C=O) groups is 1. The van der Waals surface area contributed by atoms with Crippen LogP contribution in [0, 0.1) is 0 Å². The lowest BCUT2D eigenvalue weighted by molar-refractivity contribution is -0.154. The number of allylic oxidation sites excluding steroid dienone is 1. The number of aliphatic carboxylic acids is 1. The van der Waals surface area contributed by atoms with E-state index in [1.165, 1.54) is 64.2 Å². The molecule has 6 N–H and O–H groups in total. The molecule has 3 unspecified atom stereocenters. The topological polar surface area (TPSA) is 124 Å². The van der Waals surface area contributed by atoms with Gasteiger partial charge in [0.1, 0.15) is 6.10 Å². The van der Waals surface area contributed by atoms with Gasteiger partial charge < -0.3 is 26.2 Å². The third-order valence-electron chi connectivity index (χ3n) is 5.07. The second-order valence-electron chi connectivity index (χ2n) is 7.55. The minimum atomic E-state index is -2.25. The smallest absolute Gasteiger partial charge is 0.328 e. The van der Waals surface area contributed by atoms with Gasteiger partial charge in [-0.3, -0.25) is 4.79 Å². The second kappa shape index (κ2) is 16.0. The predicted octanol–water partition coefficient (Wildman–Crippen LogP) is 3.13. The molecular weight excluding hydrogens is 346 g/mol. The van der Waals surface area contributed by atoms with E-state index in [1.807, 2.05) is 6.08 Å². The third-order valence-corrected chi connectivity index (χ3v) is 5.07. The number of aliphatic hydroxyl groups excluding tert-OH is 3. The fourth-order valence-corrected chi connectivity index (χ4v) is 3.04. The summed E-state index contributed by atoms with van der Waals surface area (Å²) in [6, 6.07) is 0. The Kier molecular flexibility index (Phi) is 15.5. The first kappa shape index (κ1) is 26.1. The van der Waals surface area contributed by atoms with Crippen LogP contribution in [0.5, 0.6) is 0 Å². The molecule has 0 aliphatic carbocycles. The Morgan fingerprint density at radius 2 is 1.41 bits per heavy atom. The quantitative estimate of drug-likeness (QED) is 0.182. The number of aliphatic hydroxyl groups is 3. The first-order chi connectivity index (χ1) is 12.9. The monoisotopic (exact) mass is 387 g/mol. The van der Waals surface area contributed by atoms with E-state index in [-0.39, 0.29) is 6.42 Å². The maximum Gasteiger partial charge on any atom is 0.328 e. The summed E-state index contributed by atoms with van der Waals surface area (Å²) in [6.45, 7) is 1.30. The zero-order valence-corrected chi connectivity index (χ0v) is 17.0. The van der Waals surface area contributed by atoms with Crippen molar-refractivity contribution in [1.82, 2.24) is 0 Å². The molecule has 6 nitrogen and oxygen atoms in total. The Labute approximate surface area is 164 Å². The van der Waals surface area contributed by atoms with Crippen LogP contribution in [0.3, 0.4) is 0 Å². The van der Waals surface area contributed by atoms with Gasteiger partial charge in [0.15, 0.2) is 5.54 Å². The summed E-state index contributed by atoms with van der Waals surface area (Å²) in [7, 11) is 0. The van der Waals surface area contributed by atoms with Crippen LogP contribution < -0.4 is 5.73 Å². The summed E-state index contributed by atoms with van der Waals surface area (Å²) in [5.41, 5.74) is 3.20. The first-order valence-corrected chi connectivity index (χ1v) is 10.5. The maximum absolute atomic E-state index is 11.0. The van der Waals surface area contributed by atoms with Crippen molar-refractivity contribution in [2.75, 3.05) is 6.61 Å². The van der Waals surface area contributed by atoms with Crippen molar-refractivity contribution in [3.8, 4) is 0 Å². The fraction of sp³-hybridized carbons (Fsp3) is 0.857. The van der Waals surface area contributed by atoms with Gasteiger partial charge in [-0.25, -0.2) is 0 Å². The highest BCUT2D eigenvalue weighted by Crippen LogP contribution is 2.15. The number of unbranched alkanes of at least 4 members (excludes halogenated alkanes) is 11. The Balaban J connectivity index is 3.68. The van der Waals surface area contributed by atoms with Crippen molar-refractivity contribution in [2.45, 2.75) is 108 Å².